The highest BCUT2D eigenvalue weighted by atomic mass is 19.1. The summed E-state index contributed by atoms with van der Waals surface area (Å²) in [5, 5.41) is 10.2. The Labute approximate surface area is 156 Å². The van der Waals surface area contributed by atoms with Crippen LogP contribution in [0.15, 0.2) is 42.6 Å². The molecule has 4 nitrogen and oxygen atoms in total. The lowest BCUT2D eigenvalue weighted by Gasteiger charge is -2.25. The molecule has 0 aliphatic heterocycles. The number of aromatic nitrogens is 1. The topological polar surface area (TPSA) is 37.6 Å². The highest BCUT2D eigenvalue weighted by Gasteiger charge is 2.13. The van der Waals surface area contributed by atoms with Crippen molar-refractivity contribution in [3.8, 4) is 0 Å². The van der Waals surface area contributed by atoms with E-state index in [0.29, 0.717) is 13.1 Å². The Hall–Kier alpha value is -1.69. The summed E-state index contributed by atoms with van der Waals surface area (Å²) in [5.74, 6) is -0.212. The van der Waals surface area contributed by atoms with E-state index in [2.05, 4.69) is 28.7 Å². The van der Waals surface area contributed by atoms with Gasteiger partial charge < -0.3 is 14.4 Å². The van der Waals surface area contributed by atoms with Gasteiger partial charge in [-0.05, 0) is 42.7 Å². The molecule has 0 bridgehead atoms. The fraction of sp³-hybridized carbons (Fsp3) is 0.524. The van der Waals surface area contributed by atoms with Gasteiger partial charge in [-0.2, -0.15) is 0 Å². The van der Waals surface area contributed by atoms with Crippen LogP contribution in [0.25, 0.3) is 0 Å². The first-order chi connectivity index (χ1) is 12.6. The van der Waals surface area contributed by atoms with E-state index in [9.17, 15) is 9.50 Å². The molecular weight excluding hydrogens is 331 g/mol. The van der Waals surface area contributed by atoms with Gasteiger partial charge in [-0.15, -0.1) is 0 Å². The van der Waals surface area contributed by atoms with Crippen molar-refractivity contribution in [1.29, 1.82) is 0 Å². The van der Waals surface area contributed by atoms with Crippen LogP contribution >= 0.6 is 0 Å². The Kier molecular flexibility index (Phi) is 8.81. The van der Waals surface area contributed by atoms with Crippen LogP contribution in [0, 0.1) is 5.82 Å². The number of hydrogen-bond donors (Lipinski definition) is 1. The van der Waals surface area contributed by atoms with Crippen LogP contribution in [0.5, 0.6) is 0 Å². The fourth-order valence-corrected chi connectivity index (χ4v) is 3.15. The van der Waals surface area contributed by atoms with Gasteiger partial charge in [0, 0.05) is 51.8 Å². The average Bonchev–Trinajstić information content (AvgIpc) is 3.04. The zero-order valence-corrected chi connectivity index (χ0v) is 15.9. The van der Waals surface area contributed by atoms with Crippen molar-refractivity contribution in [2.75, 3.05) is 26.8 Å². The van der Waals surface area contributed by atoms with Crippen LogP contribution in [0.1, 0.15) is 37.4 Å². The van der Waals surface area contributed by atoms with Crippen LogP contribution in [-0.4, -0.2) is 47.5 Å². The summed E-state index contributed by atoms with van der Waals surface area (Å²) in [4.78, 5) is 2.29. The summed E-state index contributed by atoms with van der Waals surface area (Å²) in [6, 6.07) is 10.8. The molecule has 0 saturated heterocycles. The van der Waals surface area contributed by atoms with Crippen LogP contribution in [0.2, 0.25) is 0 Å². The highest BCUT2D eigenvalue weighted by Crippen LogP contribution is 2.13. The molecule has 0 radical (unpaired) electrons. The van der Waals surface area contributed by atoms with Gasteiger partial charge in [0.25, 0.3) is 0 Å². The predicted octanol–water partition coefficient (Wildman–Crippen LogP) is 3.68. The van der Waals surface area contributed by atoms with Gasteiger partial charge in [0.05, 0.1) is 6.10 Å². The third-order valence-electron chi connectivity index (χ3n) is 4.49. The minimum atomic E-state index is -0.303. The number of ether oxygens (including phenoxy) is 1. The minimum Gasteiger partial charge on any atom is -0.392 e. The molecule has 1 aromatic heterocycles. The molecule has 0 saturated carbocycles. The Morgan fingerprint density at radius 2 is 2.00 bits per heavy atom. The molecule has 1 unspecified atom stereocenters. The fourth-order valence-electron chi connectivity index (χ4n) is 3.15. The van der Waals surface area contributed by atoms with Gasteiger partial charge in [0.15, 0.2) is 0 Å². The summed E-state index contributed by atoms with van der Waals surface area (Å²) in [5.41, 5.74) is 2.26. The molecule has 0 aliphatic carbocycles. The summed E-state index contributed by atoms with van der Waals surface area (Å²) in [7, 11) is 1.71. The first-order valence-corrected chi connectivity index (χ1v) is 9.40. The van der Waals surface area contributed by atoms with Gasteiger partial charge >= 0.3 is 0 Å². The molecule has 0 fully saturated rings. The molecule has 1 atom stereocenters. The molecule has 144 valence electrons. The molecule has 0 aliphatic rings. The van der Waals surface area contributed by atoms with Crippen molar-refractivity contribution in [1.82, 2.24) is 9.47 Å². The second-order valence-corrected chi connectivity index (χ2v) is 6.78. The molecule has 2 rings (SSSR count). The van der Waals surface area contributed by atoms with Crippen molar-refractivity contribution >= 4 is 0 Å². The normalized spacial score (nSPS) is 12.7. The van der Waals surface area contributed by atoms with Crippen LogP contribution in [0.3, 0.4) is 0 Å². The van der Waals surface area contributed by atoms with Crippen molar-refractivity contribution in [3.63, 3.8) is 0 Å². The predicted molar refractivity (Wildman–Crippen MR) is 103 cm³/mol. The number of halogens is 1. The molecule has 0 spiro atoms. The first kappa shape index (κ1) is 20.6. The maximum absolute atomic E-state index is 13.1. The maximum Gasteiger partial charge on any atom is 0.123 e. The number of aliphatic hydroxyl groups excluding tert-OH is 1. The summed E-state index contributed by atoms with van der Waals surface area (Å²) < 4.78 is 20.5. The van der Waals surface area contributed by atoms with Gasteiger partial charge in [0.1, 0.15) is 5.82 Å². The zero-order chi connectivity index (χ0) is 18.8. The molecule has 26 heavy (non-hydrogen) atoms. The van der Waals surface area contributed by atoms with E-state index in [1.807, 2.05) is 18.2 Å². The van der Waals surface area contributed by atoms with Crippen molar-refractivity contribution < 1.29 is 14.2 Å². The smallest absolute Gasteiger partial charge is 0.123 e. The van der Waals surface area contributed by atoms with Gasteiger partial charge in [-0.1, -0.05) is 25.5 Å². The molecule has 0 amide bonds. The zero-order valence-electron chi connectivity index (χ0n) is 15.9. The molecule has 1 N–H and O–H groups in total. The largest absolute Gasteiger partial charge is 0.392 e. The van der Waals surface area contributed by atoms with Crippen molar-refractivity contribution in [2.45, 2.75) is 45.4 Å². The number of nitrogens with zero attached hydrogens (tertiary/aromatic N) is 2. The Morgan fingerprint density at radius 3 is 2.69 bits per heavy atom. The molecule has 1 heterocycles. The van der Waals surface area contributed by atoms with E-state index in [0.717, 1.165) is 44.5 Å². The number of hydrogen-bond acceptors (Lipinski definition) is 3. The summed E-state index contributed by atoms with van der Waals surface area (Å²) in [6.07, 6.45) is 4.48. The SMILES string of the molecule is CCCC(O)CN(CCCOC)Cc1cccn1Cc1ccc(F)cc1. The van der Waals surface area contributed by atoms with Gasteiger partial charge in [0.2, 0.25) is 0 Å². The minimum absolute atomic E-state index is 0.212. The van der Waals surface area contributed by atoms with Crippen molar-refractivity contribution in [3.05, 3.63) is 59.7 Å². The maximum atomic E-state index is 13.1. The summed E-state index contributed by atoms with van der Waals surface area (Å²) >= 11 is 0. The third-order valence-corrected chi connectivity index (χ3v) is 4.49. The van der Waals surface area contributed by atoms with Crippen molar-refractivity contribution in [2.24, 2.45) is 0 Å². The lowest BCUT2D eigenvalue weighted by atomic mass is 10.2. The Morgan fingerprint density at radius 1 is 1.23 bits per heavy atom. The number of methoxy groups -OCH3 is 1. The van der Waals surface area contributed by atoms with Crippen LogP contribution in [-0.2, 0) is 17.8 Å². The van der Waals surface area contributed by atoms with E-state index in [1.165, 1.54) is 17.8 Å². The van der Waals surface area contributed by atoms with Crippen LogP contribution in [0.4, 0.5) is 4.39 Å². The van der Waals surface area contributed by atoms with E-state index in [1.54, 1.807) is 7.11 Å². The Balaban J connectivity index is 2.02. The second kappa shape index (κ2) is 11.1. The quantitative estimate of drug-likeness (QED) is 0.586. The van der Waals surface area contributed by atoms with E-state index >= 15 is 0 Å². The van der Waals surface area contributed by atoms with E-state index in [4.69, 9.17) is 4.74 Å². The van der Waals surface area contributed by atoms with E-state index < -0.39 is 0 Å². The summed E-state index contributed by atoms with van der Waals surface area (Å²) in [6.45, 7) is 5.85. The first-order valence-electron chi connectivity index (χ1n) is 9.40. The lowest BCUT2D eigenvalue weighted by Crippen LogP contribution is -2.34. The lowest BCUT2D eigenvalue weighted by molar-refractivity contribution is 0.0918. The number of benzene rings is 1. The molecule has 1 aromatic carbocycles. The number of rotatable bonds is 12. The van der Waals surface area contributed by atoms with Crippen LogP contribution < -0.4 is 0 Å². The van der Waals surface area contributed by atoms with E-state index in [-0.39, 0.29) is 11.9 Å². The third kappa shape index (κ3) is 6.90. The molecule has 5 heteroatoms. The number of aliphatic hydroxyl groups is 1. The second-order valence-electron chi connectivity index (χ2n) is 6.78. The average molecular weight is 362 g/mol. The molecule has 2 aromatic rings. The molecular formula is C21H31FN2O2. The van der Waals surface area contributed by atoms with Gasteiger partial charge in [-0.3, -0.25) is 4.90 Å². The standard InChI is InChI=1S/C21H31FN2O2/c1-3-6-21(25)17-23(12-5-14-26-2)16-20-7-4-13-24(20)15-18-8-10-19(22)11-9-18/h4,7-11,13,21,25H,3,5-6,12,14-17H2,1-2H3. The highest BCUT2D eigenvalue weighted by molar-refractivity contribution is 5.18. The monoisotopic (exact) mass is 362 g/mol. The Bertz CT molecular complexity index is 627. The van der Waals surface area contributed by atoms with Gasteiger partial charge in [-0.25, -0.2) is 4.39 Å².